The minimum atomic E-state index is -0.633. The first-order chi connectivity index (χ1) is 14.2. The number of carbonyl (C=O) groups is 2. The van der Waals surface area contributed by atoms with Crippen LogP contribution in [-0.4, -0.2) is 35.3 Å². The zero-order valence-corrected chi connectivity index (χ0v) is 18.2. The predicted octanol–water partition coefficient (Wildman–Crippen LogP) is 2.26. The lowest BCUT2D eigenvalue weighted by atomic mass is 9.70. The molecule has 0 aromatic carbocycles. The van der Waals surface area contributed by atoms with Crippen LogP contribution in [0.25, 0.3) is 0 Å². The number of amides is 2. The van der Waals surface area contributed by atoms with Gasteiger partial charge in [-0.05, 0) is 64.5 Å². The Morgan fingerprint density at radius 2 is 1.40 bits per heavy atom. The fourth-order valence-corrected chi connectivity index (χ4v) is 4.00. The Bertz CT molecular complexity index is 689. The molecule has 0 aliphatic carbocycles. The van der Waals surface area contributed by atoms with E-state index < -0.39 is 5.41 Å². The number of nitrogens with one attached hydrogen (secondary N) is 2. The largest absolute Gasteiger partial charge is 0.370 e. The smallest absolute Gasteiger partial charge is 0.223 e. The summed E-state index contributed by atoms with van der Waals surface area (Å²) in [6.45, 7) is 4.14. The third-order valence-electron chi connectivity index (χ3n) is 6.24. The van der Waals surface area contributed by atoms with Crippen LogP contribution in [0, 0.1) is 5.41 Å². The van der Waals surface area contributed by atoms with Crippen molar-refractivity contribution in [2.75, 3.05) is 0 Å². The van der Waals surface area contributed by atoms with E-state index in [9.17, 15) is 9.59 Å². The first-order valence-electron chi connectivity index (χ1n) is 10.7. The summed E-state index contributed by atoms with van der Waals surface area (Å²) in [6.07, 6.45) is 17.7. The number of allylic oxidation sites excluding steroid dienone is 2. The number of hydrogen-bond donors (Lipinski definition) is 4. The van der Waals surface area contributed by atoms with Gasteiger partial charge in [0.25, 0.3) is 0 Å². The molecule has 2 heterocycles. The fraction of sp³-hybridized carbons (Fsp3) is 0.636. The van der Waals surface area contributed by atoms with Crippen LogP contribution >= 0.6 is 0 Å². The molecule has 0 bridgehead atoms. The van der Waals surface area contributed by atoms with Crippen LogP contribution in [0.2, 0.25) is 0 Å². The lowest BCUT2D eigenvalue weighted by molar-refractivity contribution is -0.129. The van der Waals surface area contributed by atoms with Gasteiger partial charge < -0.3 is 22.3 Å². The van der Waals surface area contributed by atoms with Crippen LogP contribution in [0.15, 0.2) is 34.5 Å². The van der Waals surface area contributed by atoms with Gasteiger partial charge in [0.2, 0.25) is 11.8 Å². The van der Waals surface area contributed by atoms with Gasteiger partial charge in [-0.25, -0.2) is 0 Å². The first kappa shape index (κ1) is 23.6. The Balaban J connectivity index is 2.08. The summed E-state index contributed by atoms with van der Waals surface area (Å²) in [4.78, 5) is 23.8. The molecular weight excluding hydrogens is 380 g/mol. The molecule has 6 N–H and O–H groups in total. The van der Waals surface area contributed by atoms with Crippen molar-refractivity contribution in [3.05, 3.63) is 24.3 Å². The number of nitrogens with zero attached hydrogens (tertiary/aromatic N) is 2. The molecule has 2 aliphatic heterocycles. The summed E-state index contributed by atoms with van der Waals surface area (Å²) >= 11 is 0. The third-order valence-corrected chi connectivity index (χ3v) is 6.24. The van der Waals surface area contributed by atoms with E-state index in [1.807, 2.05) is 12.2 Å². The Morgan fingerprint density at radius 1 is 0.867 bits per heavy atom. The van der Waals surface area contributed by atoms with E-state index in [0.717, 1.165) is 32.1 Å². The van der Waals surface area contributed by atoms with Crippen LogP contribution in [0.3, 0.4) is 0 Å². The zero-order chi connectivity index (χ0) is 22.1. The number of hydrogen-bond acceptors (Lipinski definition) is 6. The molecule has 2 atom stereocenters. The maximum absolute atomic E-state index is 12.8. The Morgan fingerprint density at radius 3 is 1.80 bits per heavy atom. The van der Waals surface area contributed by atoms with Gasteiger partial charge in [-0.3, -0.25) is 9.59 Å². The van der Waals surface area contributed by atoms with Crippen LogP contribution < -0.4 is 22.3 Å². The summed E-state index contributed by atoms with van der Waals surface area (Å²) in [5.41, 5.74) is 16.3. The average Bonchev–Trinajstić information content (AvgIpc) is 2.70. The van der Waals surface area contributed by atoms with Gasteiger partial charge in [0.1, 0.15) is 0 Å². The van der Waals surface area contributed by atoms with Gasteiger partial charge in [-0.2, -0.15) is 10.2 Å². The van der Waals surface area contributed by atoms with Crippen molar-refractivity contribution in [2.24, 2.45) is 27.1 Å². The molecule has 166 valence electrons. The van der Waals surface area contributed by atoms with E-state index in [2.05, 4.69) is 47.1 Å². The number of nitrogens with two attached hydrogens (primary N) is 2. The summed E-state index contributed by atoms with van der Waals surface area (Å²) in [5, 5.41) is 8.31. The molecule has 0 aromatic rings. The first-order valence-corrected chi connectivity index (χ1v) is 10.7. The van der Waals surface area contributed by atoms with Crippen molar-refractivity contribution >= 4 is 24.2 Å². The fourth-order valence-electron chi connectivity index (χ4n) is 4.00. The SMILES string of the molecule is CC1(CCC(CCCCCC(N)=O)(CCC2(C)C=CC=NN2)C(N)=O)C=CC=NN1. The highest BCUT2D eigenvalue weighted by Crippen LogP contribution is 2.40. The Labute approximate surface area is 179 Å². The van der Waals surface area contributed by atoms with E-state index in [1.165, 1.54) is 0 Å². The molecule has 0 saturated heterocycles. The van der Waals surface area contributed by atoms with Crippen LogP contribution in [0.5, 0.6) is 0 Å². The quantitative estimate of drug-likeness (QED) is 0.342. The van der Waals surface area contributed by atoms with E-state index in [4.69, 9.17) is 11.5 Å². The minimum Gasteiger partial charge on any atom is -0.370 e. The topological polar surface area (TPSA) is 135 Å². The Hall–Kier alpha value is -2.64. The number of unbranched alkanes of at least 4 members (excludes halogenated alkanes) is 2. The maximum Gasteiger partial charge on any atom is 0.223 e. The minimum absolute atomic E-state index is 0.267. The van der Waals surface area contributed by atoms with Crippen LogP contribution in [0.1, 0.15) is 71.6 Å². The molecule has 2 aliphatic rings. The predicted molar refractivity (Wildman–Crippen MR) is 121 cm³/mol. The molecule has 0 aromatic heterocycles. The summed E-state index contributed by atoms with van der Waals surface area (Å²) in [7, 11) is 0. The molecule has 0 spiro atoms. The molecule has 30 heavy (non-hydrogen) atoms. The lowest BCUT2D eigenvalue weighted by Gasteiger charge is -2.38. The summed E-state index contributed by atoms with van der Waals surface area (Å²) in [5.74, 6) is -0.556. The van der Waals surface area contributed by atoms with Gasteiger partial charge in [-0.15, -0.1) is 0 Å². The second-order valence-corrected chi connectivity index (χ2v) is 9.00. The van der Waals surface area contributed by atoms with Crippen LogP contribution in [-0.2, 0) is 9.59 Å². The van der Waals surface area contributed by atoms with Crippen molar-refractivity contribution < 1.29 is 9.59 Å². The lowest BCUT2D eigenvalue weighted by Crippen LogP contribution is -2.45. The molecule has 2 amide bonds. The van der Waals surface area contributed by atoms with Crippen molar-refractivity contribution in [1.29, 1.82) is 0 Å². The van der Waals surface area contributed by atoms with Crippen molar-refractivity contribution in [2.45, 2.75) is 82.7 Å². The molecular formula is C22H36N6O2. The second kappa shape index (κ2) is 10.4. The van der Waals surface area contributed by atoms with Gasteiger partial charge >= 0.3 is 0 Å². The van der Waals surface area contributed by atoms with Gasteiger partial charge in [0.15, 0.2) is 0 Å². The number of carbonyl (C=O) groups excluding carboxylic acids is 2. The molecule has 0 fully saturated rings. The van der Waals surface area contributed by atoms with Gasteiger partial charge in [0, 0.05) is 24.3 Å². The normalized spacial score (nSPS) is 26.6. The molecule has 2 unspecified atom stereocenters. The monoisotopic (exact) mass is 416 g/mol. The van der Waals surface area contributed by atoms with Gasteiger partial charge in [0.05, 0.1) is 11.1 Å². The summed E-state index contributed by atoms with van der Waals surface area (Å²) in [6, 6.07) is 0. The molecule has 0 saturated carbocycles. The highest BCUT2D eigenvalue weighted by molar-refractivity contribution is 5.81. The van der Waals surface area contributed by atoms with Crippen molar-refractivity contribution in [3.63, 3.8) is 0 Å². The number of hydrazone groups is 2. The van der Waals surface area contributed by atoms with E-state index in [-0.39, 0.29) is 22.9 Å². The molecule has 8 nitrogen and oxygen atoms in total. The number of rotatable bonds is 13. The maximum atomic E-state index is 12.8. The second-order valence-electron chi connectivity index (χ2n) is 9.00. The Kier molecular flexibility index (Phi) is 8.20. The van der Waals surface area contributed by atoms with Crippen LogP contribution in [0.4, 0.5) is 0 Å². The zero-order valence-electron chi connectivity index (χ0n) is 18.2. The van der Waals surface area contributed by atoms with E-state index in [0.29, 0.717) is 25.7 Å². The highest BCUT2D eigenvalue weighted by Gasteiger charge is 2.39. The van der Waals surface area contributed by atoms with Crippen molar-refractivity contribution in [1.82, 2.24) is 10.9 Å². The van der Waals surface area contributed by atoms with E-state index in [1.54, 1.807) is 12.4 Å². The molecule has 0 radical (unpaired) electrons. The third kappa shape index (κ3) is 7.00. The molecule has 8 heteroatoms. The highest BCUT2D eigenvalue weighted by atomic mass is 16.1. The van der Waals surface area contributed by atoms with Crippen molar-refractivity contribution in [3.8, 4) is 0 Å². The van der Waals surface area contributed by atoms with E-state index >= 15 is 0 Å². The van der Waals surface area contributed by atoms with Gasteiger partial charge in [-0.1, -0.05) is 25.0 Å². The molecule has 2 rings (SSSR count). The number of primary amides is 2. The standard InChI is InChI=1S/C22H36N6O2/c1-20(9-6-16-25-27-20)12-14-22(19(24)30,11-5-3-4-8-18(23)29)15-13-21(2)10-7-17-26-28-21/h6-7,9-10,16-17,27-28H,3-5,8,11-15H2,1-2H3,(H2,23,29)(H2,24,30). The average molecular weight is 417 g/mol. The summed E-state index contributed by atoms with van der Waals surface area (Å²) < 4.78 is 0.